The van der Waals surface area contributed by atoms with Gasteiger partial charge in [-0.1, -0.05) is 6.92 Å². The van der Waals surface area contributed by atoms with Crippen LogP contribution >= 0.6 is 15.9 Å². The minimum Gasteiger partial charge on any atom is -0.494 e. The normalized spacial score (nSPS) is 10.5. The number of nitrogens with zero attached hydrogens (tertiary/aromatic N) is 2. The van der Waals surface area contributed by atoms with Crippen molar-refractivity contribution >= 4 is 21.7 Å². The van der Waals surface area contributed by atoms with E-state index in [0.717, 1.165) is 46.9 Å². The molecule has 21 heavy (non-hydrogen) atoms. The quantitative estimate of drug-likeness (QED) is 0.837. The number of ether oxygens (including phenoxy) is 1. The van der Waals surface area contributed by atoms with Crippen LogP contribution in [-0.2, 0) is 0 Å². The van der Waals surface area contributed by atoms with E-state index >= 15 is 0 Å². The summed E-state index contributed by atoms with van der Waals surface area (Å²) in [4.78, 5) is 9.11. The minimum atomic E-state index is 0.716. The van der Waals surface area contributed by atoms with Crippen LogP contribution < -0.4 is 10.1 Å². The number of aromatic nitrogens is 2. The maximum Gasteiger partial charge on any atom is 0.161 e. The molecule has 1 N–H and O–H groups in total. The van der Waals surface area contributed by atoms with E-state index in [1.165, 1.54) is 0 Å². The number of hydrogen-bond donors (Lipinski definition) is 1. The molecule has 0 aliphatic rings. The third-order valence-electron chi connectivity index (χ3n) is 2.95. The molecule has 1 heterocycles. The molecule has 1 aromatic carbocycles. The first kappa shape index (κ1) is 15.8. The molecular formula is C16H20BrN3O. The molecule has 112 valence electrons. The molecule has 0 saturated carbocycles. The highest BCUT2D eigenvalue weighted by Gasteiger charge is 2.10. The van der Waals surface area contributed by atoms with Gasteiger partial charge in [0.25, 0.3) is 0 Å². The predicted octanol–water partition coefficient (Wildman–Crippen LogP) is 4.44. The van der Waals surface area contributed by atoms with Crippen LogP contribution in [0.2, 0.25) is 0 Å². The van der Waals surface area contributed by atoms with Crippen molar-refractivity contribution < 1.29 is 4.74 Å². The molecule has 0 fully saturated rings. The molecule has 2 rings (SSSR count). The van der Waals surface area contributed by atoms with Gasteiger partial charge >= 0.3 is 0 Å². The summed E-state index contributed by atoms with van der Waals surface area (Å²) >= 11 is 3.52. The second-order valence-electron chi connectivity index (χ2n) is 4.70. The Bertz CT molecular complexity index is 599. The van der Waals surface area contributed by atoms with Crippen molar-refractivity contribution in [3.8, 4) is 17.1 Å². The van der Waals surface area contributed by atoms with E-state index in [0.29, 0.717) is 5.82 Å². The van der Waals surface area contributed by atoms with E-state index in [4.69, 9.17) is 4.74 Å². The largest absolute Gasteiger partial charge is 0.494 e. The second-order valence-corrected chi connectivity index (χ2v) is 5.49. The van der Waals surface area contributed by atoms with E-state index in [1.54, 1.807) is 0 Å². The van der Waals surface area contributed by atoms with Gasteiger partial charge in [-0.15, -0.1) is 0 Å². The summed E-state index contributed by atoms with van der Waals surface area (Å²) in [6.45, 7) is 7.66. The number of aryl methyl sites for hydroxylation is 1. The Morgan fingerprint density at radius 1 is 1.14 bits per heavy atom. The lowest BCUT2D eigenvalue weighted by molar-refractivity contribution is 0.317. The van der Waals surface area contributed by atoms with Crippen molar-refractivity contribution in [3.63, 3.8) is 0 Å². The van der Waals surface area contributed by atoms with Crippen molar-refractivity contribution in [2.45, 2.75) is 27.2 Å². The number of nitrogens with one attached hydrogen (secondary N) is 1. The Morgan fingerprint density at radius 2 is 1.86 bits per heavy atom. The van der Waals surface area contributed by atoms with Crippen LogP contribution in [0.5, 0.6) is 5.75 Å². The van der Waals surface area contributed by atoms with Gasteiger partial charge in [-0.05, 0) is 60.5 Å². The van der Waals surface area contributed by atoms with Gasteiger partial charge in [-0.2, -0.15) is 0 Å². The lowest BCUT2D eigenvalue weighted by Crippen LogP contribution is -2.04. The molecule has 1 aromatic heterocycles. The first-order valence-corrected chi connectivity index (χ1v) is 7.96. The molecular weight excluding hydrogens is 330 g/mol. The fourth-order valence-electron chi connectivity index (χ4n) is 1.89. The number of halogens is 1. The number of benzene rings is 1. The average Bonchev–Trinajstić information content (AvgIpc) is 2.50. The summed E-state index contributed by atoms with van der Waals surface area (Å²) in [6, 6.07) is 7.89. The van der Waals surface area contributed by atoms with Crippen LogP contribution in [0.1, 0.15) is 26.0 Å². The van der Waals surface area contributed by atoms with Crippen molar-refractivity contribution in [1.29, 1.82) is 0 Å². The average molecular weight is 350 g/mol. The van der Waals surface area contributed by atoms with Gasteiger partial charge in [0.1, 0.15) is 11.6 Å². The van der Waals surface area contributed by atoms with Gasteiger partial charge in [-0.25, -0.2) is 9.97 Å². The van der Waals surface area contributed by atoms with E-state index in [1.807, 2.05) is 38.1 Å². The molecule has 0 aliphatic heterocycles. The molecule has 5 heteroatoms. The van der Waals surface area contributed by atoms with E-state index in [2.05, 4.69) is 38.1 Å². The number of anilines is 1. The molecule has 0 aliphatic carbocycles. The molecule has 0 saturated heterocycles. The Kier molecular flexibility index (Phi) is 5.56. The van der Waals surface area contributed by atoms with Crippen LogP contribution in [-0.4, -0.2) is 23.1 Å². The summed E-state index contributed by atoms with van der Waals surface area (Å²) in [5, 5.41) is 3.24. The van der Waals surface area contributed by atoms with Crippen LogP contribution in [0.15, 0.2) is 28.7 Å². The van der Waals surface area contributed by atoms with Crippen LogP contribution in [0, 0.1) is 6.92 Å². The summed E-state index contributed by atoms with van der Waals surface area (Å²) in [7, 11) is 0. The third kappa shape index (κ3) is 3.94. The Balaban J connectivity index is 2.28. The minimum absolute atomic E-state index is 0.716. The summed E-state index contributed by atoms with van der Waals surface area (Å²) in [6.07, 6.45) is 1.00. The van der Waals surface area contributed by atoms with E-state index < -0.39 is 0 Å². The molecule has 0 amide bonds. The lowest BCUT2D eigenvalue weighted by atomic mass is 10.2. The molecule has 0 atom stereocenters. The lowest BCUT2D eigenvalue weighted by Gasteiger charge is -2.10. The maximum atomic E-state index is 5.59. The van der Waals surface area contributed by atoms with Crippen molar-refractivity contribution in [2.75, 3.05) is 18.5 Å². The zero-order chi connectivity index (χ0) is 15.2. The zero-order valence-electron chi connectivity index (χ0n) is 12.6. The third-order valence-corrected chi connectivity index (χ3v) is 3.90. The molecule has 4 nitrogen and oxygen atoms in total. The first-order valence-electron chi connectivity index (χ1n) is 7.17. The summed E-state index contributed by atoms with van der Waals surface area (Å²) in [5.41, 5.74) is 1.90. The molecule has 2 aromatic rings. The van der Waals surface area contributed by atoms with Gasteiger partial charge in [0.05, 0.1) is 16.8 Å². The van der Waals surface area contributed by atoms with Crippen LogP contribution in [0.3, 0.4) is 0 Å². The van der Waals surface area contributed by atoms with E-state index in [-0.39, 0.29) is 0 Å². The van der Waals surface area contributed by atoms with Gasteiger partial charge in [0.15, 0.2) is 5.82 Å². The summed E-state index contributed by atoms with van der Waals surface area (Å²) < 4.78 is 6.50. The second kappa shape index (κ2) is 7.41. The number of rotatable bonds is 6. The smallest absolute Gasteiger partial charge is 0.161 e. The highest BCUT2D eigenvalue weighted by molar-refractivity contribution is 9.10. The fraction of sp³-hybridized carbons (Fsp3) is 0.375. The van der Waals surface area contributed by atoms with Crippen molar-refractivity contribution in [3.05, 3.63) is 34.4 Å². The monoisotopic (exact) mass is 349 g/mol. The van der Waals surface area contributed by atoms with Crippen LogP contribution in [0.25, 0.3) is 11.4 Å². The SMILES string of the molecule is CCCOc1ccc(-c2nc(C)c(Br)c(NCC)n2)cc1. The van der Waals surface area contributed by atoms with Crippen LogP contribution in [0.4, 0.5) is 5.82 Å². The molecule has 0 radical (unpaired) electrons. The van der Waals surface area contributed by atoms with Crippen molar-refractivity contribution in [2.24, 2.45) is 0 Å². The van der Waals surface area contributed by atoms with Gasteiger partial charge < -0.3 is 10.1 Å². The number of hydrogen-bond acceptors (Lipinski definition) is 4. The molecule has 0 spiro atoms. The highest BCUT2D eigenvalue weighted by atomic mass is 79.9. The topological polar surface area (TPSA) is 47.0 Å². The molecule has 0 unspecified atom stereocenters. The fourth-order valence-corrected chi connectivity index (χ4v) is 2.21. The Morgan fingerprint density at radius 3 is 2.48 bits per heavy atom. The summed E-state index contributed by atoms with van der Waals surface area (Å²) in [5.74, 6) is 2.42. The predicted molar refractivity (Wildman–Crippen MR) is 89.9 cm³/mol. The van der Waals surface area contributed by atoms with E-state index in [9.17, 15) is 0 Å². The zero-order valence-corrected chi connectivity index (χ0v) is 14.2. The Labute approximate surface area is 134 Å². The standard InChI is InChI=1S/C16H20BrN3O/c1-4-10-21-13-8-6-12(7-9-13)15-19-11(3)14(17)16(20-15)18-5-2/h6-9H,4-5,10H2,1-3H3,(H,18,19,20). The van der Waals surface area contributed by atoms with Gasteiger partial charge in [0, 0.05) is 12.1 Å². The Hall–Kier alpha value is -1.62. The maximum absolute atomic E-state index is 5.59. The molecule has 0 bridgehead atoms. The first-order chi connectivity index (χ1) is 10.2. The van der Waals surface area contributed by atoms with Gasteiger partial charge in [-0.3, -0.25) is 0 Å². The van der Waals surface area contributed by atoms with Crippen molar-refractivity contribution in [1.82, 2.24) is 9.97 Å². The highest BCUT2D eigenvalue weighted by Crippen LogP contribution is 2.27. The van der Waals surface area contributed by atoms with Gasteiger partial charge in [0.2, 0.25) is 0 Å².